The molecule has 2 heterocycles. The Kier molecular flexibility index (Phi) is 4.69. The van der Waals surface area contributed by atoms with Crippen LogP contribution < -0.4 is 10.6 Å². The lowest BCUT2D eigenvalue weighted by atomic mass is 9.95. The van der Waals surface area contributed by atoms with Gasteiger partial charge in [-0.1, -0.05) is 6.92 Å². The van der Waals surface area contributed by atoms with Crippen molar-refractivity contribution in [3.63, 3.8) is 0 Å². The molecule has 3 nitrogen and oxygen atoms in total. The first-order valence-corrected chi connectivity index (χ1v) is 7.10. The maximum atomic E-state index is 14.2. The molecule has 0 spiro atoms. The highest BCUT2D eigenvalue weighted by Gasteiger charge is 2.24. The van der Waals surface area contributed by atoms with E-state index in [1.165, 1.54) is 0 Å². The summed E-state index contributed by atoms with van der Waals surface area (Å²) in [7, 11) is 0. The van der Waals surface area contributed by atoms with Crippen molar-refractivity contribution in [2.75, 3.05) is 18.0 Å². The normalized spacial score (nSPS) is 22.2. The van der Waals surface area contributed by atoms with Gasteiger partial charge in [-0.15, -0.1) is 12.4 Å². The minimum absolute atomic E-state index is 0. The molecule has 1 aromatic heterocycles. The number of benzene rings is 1. The standard InChI is InChI=1S/C16H20FN3.ClH/c1-10-6-12(18)9-20(8-10)15-7-14(17)11(2)16-13(15)4-3-5-19-16;/h3-5,7,10,12H,6,8-9,18H2,1-2H3;1H/t10-,12+;/m0./s1. The number of aryl methyl sites for hydroxylation is 1. The van der Waals surface area contributed by atoms with Crippen molar-refractivity contribution in [3.05, 3.63) is 35.8 Å². The van der Waals surface area contributed by atoms with Gasteiger partial charge >= 0.3 is 0 Å². The van der Waals surface area contributed by atoms with Crippen LogP contribution in [0, 0.1) is 18.7 Å². The molecule has 0 unspecified atom stereocenters. The molecule has 0 saturated carbocycles. The molecule has 1 fully saturated rings. The van der Waals surface area contributed by atoms with Crippen LogP contribution in [0.15, 0.2) is 24.4 Å². The third-order valence-electron chi connectivity index (χ3n) is 4.09. The van der Waals surface area contributed by atoms with Crippen LogP contribution in [-0.4, -0.2) is 24.1 Å². The van der Waals surface area contributed by atoms with Crippen LogP contribution in [0.3, 0.4) is 0 Å². The molecule has 0 aliphatic carbocycles. The van der Waals surface area contributed by atoms with E-state index >= 15 is 0 Å². The van der Waals surface area contributed by atoms with E-state index in [0.717, 1.165) is 36.1 Å². The number of fused-ring (bicyclic) bond motifs is 1. The second-order valence-corrected chi connectivity index (χ2v) is 5.91. The Morgan fingerprint density at radius 3 is 2.86 bits per heavy atom. The minimum Gasteiger partial charge on any atom is -0.369 e. The largest absolute Gasteiger partial charge is 0.369 e. The van der Waals surface area contributed by atoms with Crippen LogP contribution in [0.5, 0.6) is 0 Å². The summed E-state index contributed by atoms with van der Waals surface area (Å²) in [5.74, 6) is 0.327. The Hall–Kier alpha value is -1.39. The highest BCUT2D eigenvalue weighted by molar-refractivity contribution is 5.94. The number of halogens is 2. The van der Waals surface area contributed by atoms with E-state index in [-0.39, 0.29) is 24.3 Å². The fraction of sp³-hybridized carbons (Fsp3) is 0.438. The predicted molar refractivity (Wildman–Crippen MR) is 87.7 cm³/mol. The van der Waals surface area contributed by atoms with E-state index in [4.69, 9.17) is 5.73 Å². The number of nitrogens with zero attached hydrogens (tertiary/aromatic N) is 2. The number of hydrogen-bond acceptors (Lipinski definition) is 3. The molecule has 1 saturated heterocycles. The molecule has 21 heavy (non-hydrogen) atoms. The summed E-state index contributed by atoms with van der Waals surface area (Å²) in [6.45, 7) is 5.66. The first-order chi connectivity index (χ1) is 9.56. The third-order valence-corrected chi connectivity index (χ3v) is 4.09. The van der Waals surface area contributed by atoms with E-state index in [2.05, 4.69) is 16.8 Å². The topological polar surface area (TPSA) is 42.1 Å². The van der Waals surface area contributed by atoms with Gasteiger partial charge in [0, 0.05) is 42.0 Å². The van der Waals surface area contributed by atoms with E-state index < -0.39 is 0 Å². The minimum atomic E-state index is -0.196. The van der Waals surface area contributed by atoms with Crippen LogP contribution in [-0.2, 0) is 0 Å². The Bertz CT molecular complexity index is 637. The maximum absolute atomic E-state index is 14.2. The Labute approximate surface area is 130 Å². The van der Waals surface area contributed by atoms with Gasteiger partial charge in [-0.3, -0.25) is 4.98 Å². The molecule has 0 radical (unpaired) electrons. The van der Waals surface area contributed by atoms with Gasteiger partial charge in [0.15, 0.2) is 0 Å². The number of pyridine rings is 1. The van der Waals surface area contributed by atoms with Crippen LogP contribution in [0.1, 0.15) is 18.9 Å². The van der Waals surface area contributed by atoms with Gasteiger partial charge in [-0.05, 0) is 37.5 Å². The Morgan fingerprint density at radius 1 is 1.38 bits per heavy atom. The highest BCUT2D eigenvalue weighted by Crippen LogP contribution is 2.32. The summed E-state index contributed by atoms with van der Waals surface area (Å²) in [4.78, 5) is 6.54. The summed E-state index contributed by atoms with van der Waals surface area (Å²) < 4.78 is 14.2. The molecule has 3 rings (SSSR count). The molecule has 0 bridgehead atoms. The first kappa shape index (κ1) is 16.0. The second-order valence-electron chi connectivity index (χ2n) is 5.91. The summed E-state index contributed by atoms with van der Waals surface area (Å²) in [6, 6.07) is 5.69. The molecule has 2 atom stereocenters. The second kappa shape index (κ2) is 6.16. The smallest absolute Gasteiger partial charge is 0.130 e. The van der Waals surface area contributed by atoms with Crippen molar-refractivity contribution in [1.29, 1.82) is 0 Å². The number of piperidine rings is 1. The van der Waals surface area contributed by atoms with Gasteiger partial charge in [-0.2, -0.15) is 0 Å². The number of hydrogen-bond donors (Lipinski definition) is 1. The summed E-state index contributed by atoms with van der Waals surface area (Å²) >= 11 is 0. The molecule has 2 aromatic rings. The Morgan fingerprint density at radius 2 is 2.14 bits per heavy atom. The molecule has 1 aliphatic rings. The van der Waals surface area contributed by atoms with E-state index in [1.807, 2.05) is 12.1 Å². The molecule has 5 heteroatoms. The van der Waals surface area contributed by atoms with Crippen LogP contribution in [0.2, 0.25) is 0 Å². The van der Waals surface area contributed by atoms with Crippen molar-refractivity contribution in [2.24, 2.45) is 11.7 Å². The van der Waals surface area contributed by atoms with Crippen molar-refractivity contribution in [2.45, 2.75) is 26.3 Å². The summed E-state index contributed by atoms with van der Waals surface area (Å²) in [6.07, 6.45) is 2.74. The van der Waals surface area contributed by atoms with E-state index in [1.54, 1.807) is 19.2 Å². The van der Waals surface area contributed by atoms with Crippen molar-refractivity contribution in [3.8, 4) is 0 Å². The number of nitrogens with two attached hydrogens (primary N) is 1. The quantitative estimate of drug-likeness (QED) is 0.879. The van der Waals surface area contributed by atoms with Gasteiger partial charge < -0.3 is 10.6 Å². The summed E-state index contributed by atoms with van der Waals surface area (Å²) in [5.41, 5.74) is 8.38. The average Bonchev–Trinajstić information content (AvgIpc) is 2.42. The van der Waals surface area contributed by atoms with Gasteiger partial charge in [0.25, 0.3) is 0 Å². The number of anilines is 1. The Balaban J connectivity index is 0.00000161. The zero-order valence-electron chi connectivity index (χ0n) is 12.3. The van der Waals surface area contributed by atoms with Gasteiger partial charge in [0.1, 0.15) is 5.82 Å². The molecule has 1 aliphatic heterocycles. The fourth-order valence-corrected chi connectivity index (χ4v) is 3.19. The average molecular weight is 310 g/mol. The highest BCUT2D eigenvalue weighted by atomic mass is 35.5. The van der Waals surface area contributed by atoms with Gasteiger partial charge in [0.2, 0.25) is 0 Å². The van der Waals surface area contributed by atoms with Crippen LogP contribution in [0.4, 0.5) is 10.1 Å². The van der Waals surface area contributed by atoms with E-state index in [9.17, 15) is 4.39 Å². The number of aromatic nitrogens is 1. The molecular formula is C16H21ClFN3. The lowest BCUT2D eigenvalue weighted by molar-refractivity contribution is 0.402. The van der Waals surface area contributed by atoms with Crippen molar-refractivity contribution in [1.82, 2.24) is 4.98 Å². The molecule has 0 amide bonds. The zero-order chi connectivity index (χ0) is 14.3. The maximum Gasteiger partial charge on any atom is 0.130 e. The zero-order valence-corrected chi connectivity index (χ0v) is 13.2. The summed E-state index contributed by atoms with van der Waals surface area (Å²) in [5, 5.41) is 1.01. The van der Waals surface area contributed by atoms with Gasteiger partial charge in [-0.25, -0.2) is 4.39 Å². The molecule has 2 N–H and O–H groups in total. The monoisotopic (exact) mass is 309 g/mol. The van der Waals surface area contributed by atoms with Crippen molar-refractivity contribution < 1.29 is 4.39 Å². The molecule has 1 aromatic carbocycles. The van der Waals surface area contributed by atoms with Crippen LogP contribution in [0.25, 0.3) is 10.9 Å². The SMILES string of the molecule is Cc1c(F)cc(N2C[C@@H](C)C[C@@H](N)C2)c2cccnc12.Cl. The lowest BCUT2D eigenvalue weighted by Crippen LogP contribution is -2.46. The number of rotatable bonds is 1. The van der Waals surface area contributed by atoms with Crippen molar-refractivity contribution >= 4 is 29.0 Å². The van der Waals surface area contributed by atoms with E-state index in [0.29, 0.717) is 11.5 Å². The molecule has 114 valence electrons. The first-order valence-electron chi connectivity index (χ1n) is 7.10. The van der Waals surface area contributed by atoms with Crippen LogP contribution >= 0.6 is 12.4 Å². The lowest BCUT2D eigenvalue weighted by Gasteiger charge is -2.37. The predicted octanol–water partition coefficient (Wildman–Crippen LogP) is 3.28. The molecular weight excluding hydrogens is 289 g/mol. The third kappa shape index (κ3) is 2.97. The fourth-order valence-electron chi connectivity index (χ4n) is 3.19. The van der Waals surface area contributed by atoms with Gasteiger partial charge in [0.05, 0.1) is 5.52 Å².